The van der Waals surface area contributed by atoms with Crippen LogP contribution in [0.5, 0.6) is 0 Å². The number of likely N-dealkylation sites (tertiary alicyclic amines) is 1. The minimum atomic E-state index is 0.144. The van der Waals surface area contributed by atoms with Gasteiger partial charge in [-0.05, 0) is 31.0 Å². The van der Waals surface area contributed by atoms with Gasteiger partial charge in [-0.15, -0.1) is 11.3 Å². The maximum atomic E-state index is 11.6. The van der Waals surface area contributed by atoms with Crippen molar-refractivity contribution in [3.8, 4) is 0 Å². The number of hydrogen-bond donors (Lipinski definition) is 0. The molecule has 0 aromatic carbocycles. The Kier molecular flexibility index (Phi) is 2.67. The van der Waals surface area contributed by atoms with Crippen molar-refractivity contribution in [1.82, 2.24) is 4.90 Å². The lowest BCUT2D eigenvalue weighted by Gasteiger charge is -2.29. The zero-order valence-corrected chi connectivity index (χ0v) is 8.70. The molecule has 0 aliphatic carbocycles. The number of ketones is 1. The first-order chi connectivity index (χ1) is 6.27. The summed E-state index contributed by atoms with van der Waals surface area (Å²) in [5.41, 5.74) is 0.679. The second-order valence-electron chi connectivity index (χ2n) is 3.16. The molecule has 1 aromatic rings. The first-order valence-electron chi connectivity index (χ1n) is 4.26. The predicted molar refractivity (Wildman–Crippen MR) is 54.7 cm³/mol. The molecule has 2 heterocycles. The fourth-order valence-electron chi connectivity index (χ4n) is 1.32. The van der Waals surface area contributed by atoms with Crippen molar-refractivity contribution in [2.24, 2.45) is 0 Å². The van der Waals surface area contributed by atoms with Crippen LogP contribution in [-0.4, -0.2) is 30.3 Å². The van der Waals surface area contributed by atoms with E-state index < -0.39 is 0 Å². The molecule has 0 amide bonds. The van der Waals surface area contributed by atoms with E-state index in [0.29, 0.717) is 16.4 Å². The number of hydrogen-bond acceptors (Lipinski definition) is 3. The molecule has 0 bridgehead atoms. The van der Waals surface area contributed by atoms with Gasteiger partial charge in [0.2, 0.25) is 0 Å². The van der Waals surface area contributed by atoms with Crippen molar-refractivity contribution in [2.75, 3.05) is 19.6 Å². The molecule has 1 aliphatic heterocycles. The van der Waals surface area contributed by atoms with Crippen LogP contribution in [0.1, 0.15) is 16.8 Å². The number of carbonyl (C=O) groups is 1. The van der Waals surface area contributed by atoms with Crippen LogP contribution in [0.3, 0.4) is 0 Å². The summed E-state index contributed by atoms with van der Waals surface area (Å²) in [5.74, 6) is 0.144. The summed E-state index contributed by atoms with van der Waals surface area (Å²) >= 11 is 7.27. The van der Waals surface area contributed by atoms with Gasteiger partial charge in [-0.1, -0.05) is 11.6 Å². The highest BCUT2D eigenvalue weighted by molar-refractivity contribution is 7.14. The van der Waals surface area contributed by atoms with Crippen molar-refractivity contribution >= 4 is 28.7 Å². The van der Waals surface area contributed by atoms with Gasteiger partial charge in [-0.3, -0.25) is 9.69 Å². The molecule has 1 aliphatic rings. The standard InChI is InChI=1S/C9H10ClNOS/c10-9-7(2-5-13-9)8(12)6-11-3-1-4-11/h2,5H,1,3-4,6H2. The van der Waals surface area contributed by atoms with E-state index in [-0.39, 0.29) is 5.78 Å². The molecule has 4 heteroatoms. The Hall–Kier alpha value is -0.380. The molecular weight excluding hydrogens is 206 g/mol. The fraction of sp³-hybridized carbons (Fsp3) is 0.444. The van der Waals surface area contributed by atoms with Gasteiger partial charge in [-0.2, -0.15) is 0 Å². The number of halogens is 1. The summed E-state index contributed by atoms with van der Waals surface area (Å²) in [6.45, 7) is 2.62. The first kappa shape index (κ1) is 9.19. The van der Waals surface area contributed by atoms with Crippen LogP contribution in [0.4, 0.5) is 0 Å². The number of thiophene rings is 1. The van der Waals surface area contributed by atoms with Gasteiger partial charge in [-0.25, -0.2) is 0 Å². The largest absolute Gasteiger partial charge is 0.296 e. The molecule has 2 rings (SSSR count). The van der Waals surface area contributed by atoms with E-state index in [2.05, 4.69) is 4.90 Å². The summed E-state index contributed by atoms with van der Waals surface area (Å²) < 4.78 is 0.616. The Morgan fingerprint density at radius 2 is 2.38 bits per heavy atom. The van der Waals surface area contributed by atoms with E-state index >= 15 is 0 Å². The van der Waals surface area contributed by atoms with Crippen molar-refractivity contribution in [2.45, 2.75) is 6.42 Å². The SMILES string of the molecule is O=C(CN1CCC1)c1ccsc1Cl. The second kappa shape index (κ2) is 3.78. The summed E-state index contributed by atoms with van der Waals surface area (Å²) in [6, 6.07) is 1.80. The first-order valence-corrected chi connectivity index (χ1v) is 5.51. The van der Waals surface area contributed by atoms with Crippen molar-refractivity contribution in [3.63, 3.8) is 0 Å². The smallest absolute Gasteiger partial charge is 0.179 e. The third kappa shape index (κ3) is 1.93. The van der Waals surface area contributed by atoms with Crippen LogP contribution in [0.15, 0.2) is 11.4 Å². The highest BCUT2D eigenvalue weighted by Crippen LogP contribution is 2.23. The lowest BCUT2D eigenvalue weighted by molar-refractivity contribution is 0.0876. The quantitative estimate of drug-likeness (QED) is 0.722. The molecule has 0 atom stereocenters. The molecule has 1 fully saturated rings. The summed E-state index contributed by atoms with van der Waals surface area (Å²) in [4.78, 5) is 13.7. The van der Waals surface area contributed by atoms with E-state index in [9.17, 15) is 4.79 Å². The fourth-order valence-corrected chi connectivity index (χ4v) is 2.28. The second-order valence-corrected chi connectivity index (χ2v) is 4.68. The number of Topliss-reactive ketones (excluding diaryl/α,β-unsaturated/α-hetero) is 1. The Balaban J connectivity index is 2.00. The molecule has 70 valence electrons. The molecular formula is C9H10ClNOS. The molecule has 1 aromatic heterocycles. The number of nitrogens with zero attached hydrogens (tertiary/aromatic N) is 1. The molecule has 0 spiro atoms. The normalized spacial score (nSPS) is 17.0. The lowest BCUT2D eigenvalue weighted by Crippen LogP contribution is -2.40. The molecule has 13 heavy (non-hydrogen) atoms. The maximum Gasteiger partial charge on any atom is 0.179 e. The minimum Gasteiger partial charge on any atom is -0.296 e. The number of carbonyl (C=O) groups excluding carboxylic acids is 1. The zero-order valence-electron chi connectivity index (χ0n) is 7.12. The van der Waals surface area contributed by atoms with Crippen molar-refractivity contribution in [3.05, 3.63) is 21.3 Å². The van der Waals surface area contributed by atoms with Crippen LogP contribution >= 0.6 is 22.9 Å². The van der Waals surface area contributed by atoms with Crippen molar-refractivity contribution < 1.29 is 4.79 Å². The third-order valence-electron chi connectivity index (χ3n) is 2.23. The summed E-state index contributed by atoms with van der Waals surface area (Å²) in [7, 11) is 0. The lowest BCUT2D eigenvalue weighted by atomic mass is 10.1. The predicted octanol–water partition coefficient (Wildman–Crippen LogP) is 2.29. The zero-order chi connectivity index (χ0) is 9.26. The van der Waals surface area contributed by atoms with E-state index in [1.807, 2.05) is 5.38 Å². The molecule has 1 saturated heterocycles. The number of rotatable bonds is 3. The van der Waals surface area contributed by atoms with Crippen LogP contribution in [0.25, 0.3) is 0 Å². The van der Waals surface area contributed by atoms with E-state index in [1.54, 1.807) is 6.07 Å². The summed E-state index contributed by atoms with van der Waals surface area (Å²) in [5, 5.41) is 1.85. The monoisotopic (exact) mass is 215 g/mol. The van der Waals surface area contributed by atoms with Gasteiger partial charge in [0.1, 0.15) is 4.34 Å². The third-order valence-corrected chi connectivity index (χ3v) is 3.40. The van der Waals surface area contributed by atoms with Crippen LogP contribution < -0.4 is 0 Å². The van der Waals surface area contributed by atoms with Crippen LogP contribution in [0, 0.1) is 0 Å². The Morgan fingerprint density at radius 3 is 2.85 bits per heavy atom. The van der Waals surface area contributed by atoms with Crippen LogP contribution in [0.2, 0.25) is 4.34 Å². The van der Waals surface area contributed by atoms with Gasteiger partial charge in [0.15, 0.2) is 5.78 Å². The average Bonchev–Trinajstić information content (AvgIpc) is 2.43. The molecule has 2 nitrogen and oxygen atoms in total. The van der Waals surface area contributed by atoms with E-state index in [4.69, 9.17) is 11.6 Å². The Morgan fingerprint density at radius 1 is 1.62 bits per heavy atom. The summed E-state index contributed by atoms with van der Waals surface area (Å²) in [6.07, 6.45) is 1.21. The molecule has 0 N–H and O–H groups in total. The van der Waals surface area contributed by atoms with E-state index in [0.717, 1.165) is 13.1 Å². The average molecular weight is 216 g/mol. The highest BCUT2D eigenvalue weighted by atomic mass is 35.5. The molecule has 0 saturated carbocycles. The highest BCUT2D eigenvalue weighted by Gasteiger charge is 2.19. The maximum absolute atomic E-state index is 11.6. The van der Waals surface area contributed by atoms with Gasteiger partial charge in [0.05, 0.1) is 6.54 Å². The molecule has 0 unspecified atom stereocenters. The Labute approximate surface area is 86.1 Å². The van der Waals surface area contributed by atoms with Crippen LogP contribution in [-0.2, 0) is 0 Å². The van der Waals surface area contributed by atoms with Gasteiger partial charge in [0.25, 0.3) is 0 Å². The molecule has 0 radical (unpaired) electrons. The topological polar surface area (TPSA) is 20.3 Å². The van der Waals surface area contributed by atoms with E-state index in [1.165, 1.54) is 17.8 Å². The van der Waals surface area contributed by atoms with Crippen molar-refractivity contribution in [1.29, 1.82) is 0 Å². The Bertz CT molecular complexity index is 319. The van der Waals surface area contributed by atoms with Gasteiger partial charge >= 0.3 is 0 Å². The minimum absolute atomic E-state index is 0.144. The van der Waals surface area contributed by atoms with Gasteiger partial charge < -0.3 is 0 Å². The van der Waals surface area contributed by atoms with Gasteiger partial charge in [0, 0.05) is 5.56 Å².